The summed E-state index contributed by atoms with van der Waals surface area (Å²) in [4.78, 5) is 26.8. The number of benzene rings is 2. The zero-order valence-electron chi connectivity index (χ0n) is 21.0. The van der Waals surface area contributed by atoms with Gasteiger partial charge in [-0.25, -0.2) is 0 Å². The molecule has 37 heavy (non-hydrogen) atoms. The highest BCUT2D eigenvalue weighted by Gasteiger charge is 2.28. The van der Waals surface area contributed by atoms with Crippen LogP contribution in [0.1, 0.15) is 34.5 Å². The summed E-state index contributed by atoms with van der Waals surface area (Å²) in [5, 5.41) is 7.96. The summed E-state index contributed by atoms with van der Waals surface area (Å²) in [6.45, 7) is 7.38. The van der Waals surface area contributed by atoms with Crippen molar-refractivity contribution in [2.24, 2.45) is 4.99 Å². The Morgan fingerprint density at radius 1 is 1.11 bits per heavy atom. The van der Waals surface area contributed by atoms with Gasteiger partial charge in [0.2, 0.25) is 0 Å². The second kappa shape index (κ2) is 11.6. The van der Waals surface area contributed by atoms with Crippen LogP contribution in [-0.4, -0.2) is 64.3 Å². The molecule has 3 heterocycles. The first-order chi connectivity index (χ1) is 17.9. The lowest BCUT2D eigenvalue weighted by Gasteiger charge is -2.32. The Kier molecular flexibility index (Phi) is 8.10. The molecule has 9 heteroatoms. The fourth-order valence-corrected chi connectivity index (χ4v) is 5.71. The van der Waals surface area contributed by atoms with E-state index in [2.05, 4.69) is 39.4 Å². The molecule has 2 atom stereocenters. The van der Waals surface area contributed by atoms with Crippen LogP contribution in [0, 0.1) is 0 Å². The average Bonchev–Trinajstić information content (AvgIpc) is 3.28. The predicted molar refractivity (Wildman–Crippen MR) is 154 cm³/mol. The van der Waals surface area contributed by atoms with E-state index in [1.165, 1.54) is 5.56 Å². The molecular weight excluding hydrogens is 504 g/mol. The summed E-state index contributed by atoms with van der Waals surface area (Å²) in [6, 6.07) is 17.3. The third-order valence-electron chi connectivity index (χ3n) is 6.71. The lowest BCUT2D eigenvalue weighted by atomic mass is 10.1. The van der Waals surface area contributed by atoms with Crippen molar-refractivity contribution in [1.29, 1.82) is 0 Å². The molecule has 2 N–H and O–H groups in total. The molecule has 192 valence electrons. The largest absolute Gasteiger partial charge is 0.334 e. The zero-order chi connectivity index (χ0) is 25.8. The number of carbonyl (C=O) groups is 1. The summed E-state index contributed by atoms with van der Waals surface area (Å²) < 4.78 is 0. The Morgan fingerprint density at radius 3 is 2.62 bits per heavy atom. The number of thioether (sulfide) groups is 1. The fourth-order valence-electron chi connectivity index (χ4n) is 4.50. The van der Waals surface area contributed by atoms with Crippen LogP contribution in [0.25, 0.3) is 0 Å². The first-order valence-electron chi connectivity index (χ1n) is 12.5. The molecule has 3 aromatic rings. The first kappa shape index (κ1) is 25.7. The van der Waals surface area contributed by atoms with Crippen LogP contribution in [-0.2, 0) is 6.54 Å². The third kappa shape index (κ3) is 6.51. The monoisotopic (exact) mass is 534 g/mol. The van der Waals surface area contributed by atoms with E-state index in [4.69, 9.17) is 16.6 Å². The Labute approximate surface area is 227 Å². The van der Waals surface area contributed by atoms with Crippen LogP contribution < -0.4 is 10.6 Å². The van der Waals surface area contributed by atoms with E-state index in [1.807, 2.05) is 48.7 Å². The second-order valence-corrected chi connectivity index (χ2v) is 11.3. The van der Waals surface area contributed by atoms with Gasteiger partial charge in [-0.3, -0.25) is 19.7 Å². The van der Waals surface area contributed by atoms with Crippen LogP contribution in [0.5, 0.6) is 0 Å². The molecule has 1 amide bonds. The molecule has 2 aliphatic rings. The number of pyridine rings is 1. The Hall–Kier alpha value is -2.91. The molecule has 5 rings (SSSR count). The third-order valence-corrected chi connectivity index (χ3v) is 8.10. The van der Waals surface area contributed by atoms with E-state index in [1.54, 1.807) is 30.1 Å². The highest BCUT2D eigenvalue weighted by Crippen LogP contribution is 2.38. The summed E-state index contributed by atoms with van der Waals surface area (Å²) in [5.41, 5.74) is 4.29. The van der Waals surface area contributed by atoms with E-state index in [0.29, 0.717) is 22.0 Å². The zero-order valence-corrected chi connectivity index (χ0v) is 22.6. The smallest absolute Gasteiger partial charge is 0.255 e. The van der Waals surface area contributed by atoms with Gasteiger partial charge in [0.15, 0.2) is 5.17 Å². The fraction of sp³-hybridized carbons (Fsp3) is 0.321. The topological polar surface area (TPSA) is 72.9 Å². The van der Waals surface area contributed by atoms with E-state index in [-0.39, 0.29) is 17.2 Å². The van der Waals surface area contributed by atoms with Gasteiger partial charge in [0, 0.05) is 61.6 Å². The number of halogens is 1. The summed E-state index contributed by atoms with van der Waals surface area (Å²) >= 11 is 8.13. The summed E-state index contributed by atoms with van der Waals surface area (Å²) in [6.07, 6.45) is 3.62. The van der Waals surface area contributed by atoms with Crippen molar-refractivity contribution in [3.05, 3.63) is 88.7 Å². The Morgan fingerprint density at radius 2 is 1.89 bits per heavy atom. The van der Waals surface area contributed by atoms with Gasteiger partial charge < -0.3 is 15.5 Å². The number of hydrogen-bond donors (Lipinski definition) is 2. The molecule has 0 aliphatic carbocycles. The molecule has 2 unspecified atom stereocenters. The van der Waals surface area contributed by atoms with Crippen LogP contribution in [0.15, 0.2) is 72.0 Å². The predicted octanol–water partition coefficient (Wildman–Crippen LogP) is 5.38. The van der Waals surface area contributed by atoms with Crippen molar-refractivity contribution in [3.8, 4) is 0 Å². The van der Waals surface area contributed by atoms with Gasteiger partial charge in [-0.1, -0.05) is 48.5 Å². The molecule has 1 aromatic heterocycles. The van der Waals surface area contributed by atoms with Crippen molar-refractivity contribution >= 4 is 45.8 Å². The van der Waals surface area contributed by atoms with Gasteiger partial charge in [-0.05, 0) is 54.6 Å². The lowest BCUT2D eigenvalue weighted by Crippen LogP contribution is -2.43. The van der Waals surface area contributed by atoms with Crippen molar-refractivity contribution in [2.75, 3.05) is 43.9 Å². The number of amides is 1. The molecule has 0 saturated carbocycles. The minimum atomic E-state index is -0.155. The van der Waals surface area contributed by atoms with Crippen LogP contribution >= 0.6 is 23.4 Å². The van der Waals surface area contributed by atoms with Crippen LogP contribution in [0.4, 0.5) is 11.4 Å². The number of anilines is 2. The maximum absolute atomic E-state index is 12.9. The maximum Gasteiger partial charge on any atom is 0.255 e. The van der Waals surface area contributed by atoms with Gasteiger partial charge in [0.05, 0.1) is 16.8 Å². The van der Waals surface area contributed by atoms with E-state index >= 15 is 0 Å². The van der Waals surface area contributed by atoms with Crippen molar-refractivity contribution in [2.45, 2.75) is 24.8 Å². The Balaban J connectivity index is 1.21. The molecule has 2 aromatic carbocycles. The van der Waals surface area contributed by atoms with Gasteiger partial charge in [-0.15, -0.1) is 0 Å². The quantitative estimate of drug-likeness (QED) is 0.442. The van der Waals surface area contributed by atoms with E-state index in [9.17, 15) is 4.79 Å². The molecule has 0 bridgehead atoms. The van der Waals surface area contributed by atoms with Crippen molar-refractivity contribution in [1.82, 2.24) is 14.8 Å². The SMILES string of the molecule is CC1SC(Nc2cc(NC(=O)c3ccc(CN4CCN(C)CC4)cc3)ccc2Cl)=NC1c1cccnc1. The van der Waals surface area contributed by atoms with E-state index < -0.39 is 0 Å². The molecule has 7 nitrogen and oxygen atoms in total. The number of likely N-dealkylation sites (N-methyl/N-ethyl adjacent to an activating group) is 1. The summed E-state index contributed by atoms with van der Waals surface area (Å²) in [5.74, 6) is -0.155. The number of carbonyl (C=O) groups excluding carboxylic acids is 1. The number of rotatable bonds is 6. The van der Waals surface area contributed by atoms with Gasteiger partial charge >= 0.3 is 0 Å². The van der Waals surface area contributed by atoms with Crippen LogP contribution in [0.2, 0.25) is 5.02 Å². The number of piperazine rings is 1. The Bertz CT molecular complexity index is 1260. The van der Waals surface area contributed by atoms with Gasteiger partial charge in [-0.2, -0.15) is 0 Å². The molecule has 0 spiro atoms. The molecule has 0 radical (unpaired) electrons. The minimum Gasteiger partial charge on any atom is -0.334 e. The number of aromatic nitrogens is 1. The van der Waals surface area contributed by atoms with Gasteiger partial charge in [0.25, 0.3) is 5.91 Å². The second-order valence-electron chi connectivity index (χ2n) is 9.54. The number of hydrogen-bond acceptors (Lipinski definition) is 7. The van der Waals surface area contributed by atoms with Gasteiger partial charge in [0.1, 0.15) is 0 Å². The standard InChI is InChI=1S/C28H31ClN6OS/c1-19-26(22-4-3-11-30-17-22)33-28(37-19)32-25-16-23(9-10-24(25)29)31-27(36)21-7-5-20(6-8-21)18-35-14-12-34(2)13-15-35/h3-11,16-17,19,26H,12-15,18H2,1-2H3,(H,31,36)(H,32,33). The first-order valence-corrected chi connectivity index (χ1v) is 13.7. The normalized spacial score (nSPS) is 20.5. The maximum atomic E-state index is 12.9. The molecular formula is C28H31ClN6OS. The van der Waals surface area contributed by atoms with Crippen molar-refractivity contribution < 1.29 is 4.79 Å². The lowest BCUT2D eigenvalue weighted by molar-refractivity contribution is 0.102. The number of amidine groups is 1. The average molecular weight is 535 g/mol. The van der Waals surface area contributed by atoms with E-state index in [0.717, 1.165) is 43.5 Å². The molecule has 2 aliphatic heterocycles. The van der Waals surface area contributed by atoms with Crippen LogP contribution in [0.3, 0.4) is 0 Å². The highest BCUT2D eigenvalue weighted by atomic mass is 35.5. The van der Waals surface area contributed by atoms with Crippen molar-refractivity contribution in [3.63, 3.8) is 0 Å². The summed E-state index contributed by atoms with van der Waals surface area (Å²) in [7, 11) is 2.16. The minimum absolute atomic E-state index is 0.0297. The molecule has 1 fully saturated rings. The number of nitrogens with one attached hydrogen (secondary N) is 2. The number of aliphatic imine (C=N–C) groups is 1. The molecule has 1 saturated heterocycles. The number of nitrogens with zero attached hydrogens (tertiary/aromatic N) is 4. The highest BCUT2D eigenvalue weighted by molar-refractivity contribution is 8.15.